The fourth-order valence-electron chi connectivity index (χ4n) is 4.13. The fraction of sp³-hybridized carbons (Fsp3) is 0.524. The third-order valence-corrected chi connectivity index (χ3v) is 5.70. The Balaban J connectivity index is 1.95. The van der Waals surface area contributed by atoms with E-state index in [0.717, 1.165) is 60.9 Å². The van der Waals surface area contributed by atoms with Crippen molar-refractivity contribution in [3.8, 4) is 0 Å². The second-order valence-electron chi connectivity index (χ2n) is 7.85. The average Bonchev–Trinajstić information content (AvgIpc) is 3.03. The number of ether oxygens (including phenoxy) is 1. The lowest BCUT2D eigenvalue weighted by Gasteiger charge is -2.24. The lowest BCUT2D eigenvalue weighted by molar-refractivity contribution is -0.0367. The molecule has 28 heavy (non-hydrogen) atoms. The van der Waals surface area contributed by atoms with Gasteiger partial charge >= 0.3 is 0 Å². The van der Waals surface area contributed by atoms with Gasteiger partial charge in [-0.15, -0.1) is 0 Å². The Morgan fingerprint density at radius 3 is 2.86 bits per heavy atom. The van der Waals surface area contributed by atoms with Gasteiger partial charge in [0, 0.05) is 23.6 Å². The molecule has 6 nitrogen and oxygen atoms in total. The van der Waals surface area contributed by atoms with Gasteiger partial charge < -0.3 is 14.2 Å². The van der Waals surface area contributed by atoms with Crippen molar-refractivity contribution in [3.05, 3.63) is 39.3 Å². The molecule has 1 unspecified atom stereocenters. The maximum absolute atomic E-state index is 13.4. The number of hydrogen-bond acceptors (Lipinski definition) is 4. The Morgan fingerprint density at radius 1 is 1.32 bits per heavy atom. The summed E-state index contributed by atoms with van der Waals surface area (Å²) in [4.78, 5) is 15.6. The number of benzene rings is 1. The molecule has 0 N–H and O–H groups in total. The van der Waals surface area contributed by atoms with Gasteiger partial charge in [0.1, 0.15) is 0 Å². The van der Waals surface area contributed by atoms with Crippen molar-refractivity contribution >= 4 is 33.4 Å². The molecule has 3 heterocycles. The van der Waals surface area contributed by atoms with Gasteiger partial charge in [-0.05, 0) is 71.4 Å². The number of hydrogen-bond donors (Lipinski definition) is 0. The number of aryl methyl sites for hydroxylation is 2. The van der Waals surface area contributed by atoms with E-state index >= 15 is 0 Å². The zero-order chi connectivity index (χ0) is 19.8. The van der Waals surface area contributed by atoms with E-state index in [-0.39, 0.29) is 11.8 Å². The van der Waals surface area contributed by atoms with Crippen LogP contribution in [0.15, 0.2) is 23.0 Å². The maximum Gasteiger partial charge on any atom is 0.262 e. The van der Waals surface area contributed by atoms with E-state index in [1.807, 2.05) is 48.5 Å². The van der Waals surface area contributed by atoms with E-state index in [2.05, 4.69) is 4.90 Å². The molecule has 2 aromatic heterocycles. The minimum atomic E-state index is -0.129. The molecule has 0 radical (unpaired) electrons. The van der Waals surface area contributed by atoms with Gasteiger partial charge in [0.05, 0.1) is 22.1 Å². The number of nitrogens with zero attached hydrogens (tertiary/aromatic N) is 4. The molecule has 4 rings (SSSR count). The van der Waals surface area contributed by atoms with E-state index < -0.39 is 0 Å². The van der Waals surface area contributed by atoms with Crippen molar-refractivity contribution in [2.45, 2.75) is 45.4 Å². The van der Waals surface area contributed by atoms with E-state index in [0.29, 0.717) is 17.0 Å². The van der Waals surface area contributed by atoms with Gasteiger partial charge in [-0.25, -0.2) is 4.68 Å². The van der Waals surface area contributed by atoms with Crippen LogP contribution in [0.3, 0.4) is 0 Å². The molecule has 1 aromatic carbocycles. The third kappa shape index (κ3) is 3.45. The van der Waals surface area contributed by atoms with E-state index in [4.69, 9.17) is 21.4 Å². The topological polar surface area (TPSA) is 52.3 Å². The van der Waals surface area contributed by atoms with Crippen LogP contribution >= 0.6 is 11.6 Å². The van der Waals surface area contributed by atoms with Crippen molar-refractivity contribution in [3.63, 3.8) is 0 Å². The summed E-state index contributed by atoms with van der Waals surface area (Å²) in [6.45, 7) is 4.22. The van der Waals surface area contributed by atoms with Crippen LogP contribution in [0.5, 0.6) is 0 Å². The highest BCUT2D eigenvalue weighted by molar-refractivity contribution is 6.31. The van der Waals surface area contributed by atoms with Crippen LogP contribution in [0.25, 0.3) is 21.8 Å². The first-order chi connectivity index (χ1) is 13.5. The molecule has 0 saturated carbocycles. The summed E-state index contributed by atoms with van der Waals surface area (Å²) in [7, 11) is 4.09. The highest BCUT2D eigenvalue weighted by Gasteiger charge is 2.24. The van der Waals surface area contributed by atoms with Crippen molar-refractivity contribution in [2.24, 2.45) is 0 Å². The number of halogens is 1. The lowest BCUT2D eigenvalue weighted by atomic mass is 10.1. The Labute approximate surface area is 169 Å². The van der Waals surface area contributed by atoms with Gasteiger partial charge in [-0.3, -0.25) is 4.79 Å². The molecule has 1 atom stereocenters. The molecule has 7 heteroatoms. The largest absolute Gasteiger partial charge is 0.356 e. The first-order valence-electron chi connectivity index (χ1n) is 9.94. The second-order valence-corrected chi connectivity index (χ2v) is 8.29. The normalized spacial score (nSPS) is 17.8. The van der Waals surface area contributed by atoms with Crippen molar-refractivity contribution in [1.29, 1.82) is 0 Å². The predicted molar refractivity (Wildman–Crippen MR) is 113 cm³/mol. The van der Waals surface area contributed by atoms with Crippen LogP contribution in [0.4, 0.5) is 0 Å². The van der Waals surface area contributed by atoms with Crippen LogP contribution in [0, 0.1) is 6.92 Å². The molecular formula is C21H27ClN4O2. The highest BCUT2D eigenvalue weighted by atomic mass is 35.5. The fourth-order valence-corrected chi connectivity index (χ4v) is 4.30. The predicted octanol–water partition coefficient (Wildman–Crippen LogP) is 3.96. The molecule has 3 aromatic rings. The average molecular weight is 403 g/mol. The van der Waals surface area contributed by atoms with Crippen molar-refractivity contribution < 1.29 is 4.74 Å². The zero-order valence-electron chi connectivity index (χ0n) is 16.7. The third-order valence-electron chi connectivity index (χ3n) is 5.46. The second kappa shape index (κ2) is 7.85. The number of aromatic nitrogens is 3. The van der Waals surface area contributed by atoms with Crippen molar-refractivity contribution in [2.75, 3.05) is 27.2 Å². The molecular weight excluding hydrogens is 376 g/mol. The number of pyridine rings is 1. The van der Waals surface area contributed by atoms with Crippen LogP contribution < -0.4 is 5.56 Å². The maximum atomic E-state index is 13.4. The molecule has 1 saturated heterocycles. The molecule has 0 bridgehead atoms. The van der Waals surface area contributed by atoms with Crippen LogP contribution in [0.2, 0.25) is 5.02 Å². The summed E-state index contributed by atoms with van der Waals surface area (Å²) in [6, 6.07) is 5.74. The molecule has 1 aliphatic heterocycles. The highest BCUT2D eigenvalue weighted by Crippen LogP contribution is 2.32. The minimum Gasteiger partial charge on any atom is -0.356 e. The number of rotatable bonds is 5. The summed E-state index contributed by atoms with van der Waals surface area (Å²) in [5, 5.41) is 7.02. The van der Waals surface area contributed by atoms with Gasteiger partial charge in [0.15, 0.2) is 6.23 Å². The standard InChI is InChI=1S/C21H27ClN4O2/c1-14-19-20(26(23-14)18-7-4-5-12-28-18)16-13-15(22)8-9-17(16)25(21(19)27)11-6-10-24(2)3/h8-9,13,18H,4-7,10-12H2,1-3H3. The van der Waals surface area contributed by atoms with Gasteiger partial charge in [0.25, 0.3) is 5.56 Å². The molecule has 0 spiro atoms. The van der Waals surface area contributed by atoms with Gasteiger partial charge in [-0.2, -0.15) is 5.10 Å². The summed E-state index contributed by atoms with van der Waals surface area (Å²) in [6.07, 6.45) is 3.85. The monoisotopic (exact) mass is 402 g/mol. The minimum absolute atomic E-state index is 0.0168. The van der Waals surface area contributed by atoms with E-state index in [9.17, 15) is 4.79 Å². The van der Waals surface area contributed by atoms with E-state index in [1.54, 1.807) is 0 Å². The molecule has 0 aliphatic carbocycles. The molecule has 1 fully saturated rings. The SMILES string of the molecule is Cc1nn(C2CCCCO2)c2c1c(=O)n(CCCN(C)C)c1ccc(Cl)cc21. The quantitative estimate of drug-likeness (QED) is 0.648. The zero-order valence-corrected chi connectivity index (χ0v) is 17.5. The van der Waals surface area contributed by atoms with Gasteiger partial charge in [-0.1, -0.05) is 11.6 Å². The number of fused-ring (bicyclic) bond motifs is 3. The Bertz CT molecular complexity index is 1060. The van der Waals surface area contributed by atoms with Gasteiger partial charge in [0.2, 0.25) is 0 Å². The molecule has 150 valence electrons. The summed E-state index contributed by atoms with van der Waals surface area (Å²) in [5.41, 5.74) is 2.51. The molecule has 1 aliphatic rings. The summed E-state index contributed by atoms with van der Waals surface area (Å²) < 4.78 is 9.76. The van der Waals surface area contributed by atoms with E-state index in [1.165, 1.54) is 0 Å². The lowest BCUT2D eigenvalue weighted by Crippen LogP contribution is -2.24. The first kappa shape index (κ1) is 19.4. The van der Waals surface area contributed by atoms with Crippen molar-refractivity contribution in [1.82, 2.24) is 19.2 Å². The Morgan fingerprint density at radius 2 is 2.14 bits per heavy atom. The Kier molecular flexibility index (Phi) is 5.45. The van der Waals surface area contributed by atoms with Crippen LogP contribution in [-0.2, 0) is 11.3 Å². The van der Waals surface area contributed by atoms with Crippen LogP contribution in [-0.4, -0.2) is 46.5 Å². The summed E-state index contributed by atoms with van der Waals surface area (Å²) >= 11 is 6.35. The van der Waals surface area contributed by atoms with Crippen LogP contribution in [0.1, 0.15) is 37.6 Å². The summed E-state index contributed by atoms with van der Waals surface area (Å²) in [5.74, 6) is 0. The molecule has 0 amide bonds. The Hall–Kier alpha value is -1.89. The first-order valence-corrected chi connectivity index (χ1v) is 10.3. The smallest absolute Gasteiger partial charge is 0.262 e.